The molecule has 0 N–H and O–H groups in total. The maximum Gasteiger partial charge on any atom is 0.330 e. The van der Waals surface area contributed by atoms with Gasteiger partial charge >= 0.3 is 5.69 Å². The minimum absolute atomic E-state index is 0.208. The minimum Gasteiger partial charge on any atom is -0.369 e. The summed E-state index contributed by atoms with van der Waals surface area (Å²) in [5.74, 6) is 1.05. The Labute approximate surface area is 155 Å². The van der Waals surface area contributed by atoms with Crippen LogP contribution in [-0.4, -0.2) is 40.2 Å². The molecular formula is C17H20Cl2N4O2. The molecule has 0 aliphatic rings. The minimum atomic E-state index is -0.425. The topological polar surface area (TPSA) is 59.6 Å². The van der Waals surface area contributed by atoms with E-state index in [-0.39, 0.29) is 11.4 Å². The molecule has 8 heteroatoms. The third-order valence-electron chi connectivity index (χ3n) is 3.75. The van der Waals surface area contributed by atoms with Gasteiger partial charge in [-0.2, -0.15) is 0 Å². The molecule has 1 heterocycles. The van der Waals surface area contributed by atoms with E-state index in [9.17, 15) is 9.59 Å². The fourth-order valence-electron chi connectivity index (χ4n) is 2.37. The molecule has 0 aliphatic carbocycles. The van der Waals surface area contributed by atoms with Gasteiger partial charge in [0.25, 0.3) is 5.56 Å². The van der Waals surface area contributed by atoms with E-state index in [0.717, 1.165) is 28.9 Å². The Morgan fingerprint density at radius 2 is 1.68 bits per heavy atom. The van der Waals surface area contributed by atoms with Crippen LogP contribution in [0.3, 0.4) is 0 Å². The Bertz CT molecular complexity index is 850. The normalized spacial score (nSPS) is 11.2. The molecule has 0 bridgehead atoms. The average Bonchev–Trinajstić information content (AvgIpc) is 2.62. The van der Waals surface area contributed by atoms with Crippen molar-refractivity contribution in [3.63, 3.8) is 0 Å². The van der Waals surface area contributed by atoms with E-state index in [4.69, 9.17) is 23.2 Å². The van der Waals surface area contributed by atoms with Crippen LogP contribution in [0.4, 0.5) is 11.4 Å². The Balaban J connectivity index is 2.23. The molecule has 6 nitrogen and oxygen atoms in total. The molecular weight excluding hydrogens is 363 g/mol. The number of aromatic nitrogens is 2. The molecule has 1 aromatic heterocycles. The van der Waals surface area contributed by atoms with Gasteiger partial charge in [-0.3, -0.25) is 9.36 Å². The average molecular weight is 383 g/mol. The summed E-state index contributed by atoms with van der Waals surface area (Å²) >= 11 is 11.6. The number of nitrogens with zero attached hydrogens (tertiary/aromatic N) is 4. The van der Waals surface area contributed by atoms with Gasteiger partial charge in [0.15, 0.2) is 0 Å². The Hall–Kier alpha value is -2.05. The van der Waals surface area contributed by atoms with Gasteiger partial charge in [0.2, 0.25) is 0 Å². The highest BCUT2D eigenvalue weighted by molar-refractivity contribution is 6.18. The fourth-order valence-corrected chi connectivity index (χ4v) is 2.78. The zero-order chi connectivity index (χ0) is 18.4. The summed E-state index contributed by atoms with van der Waals surface area (Å²) in [6.07, 6.45) is 3.02. The molecule has 0 unspecified atom stereocenters. The molecule has 134 valence electrons. The molecule has 0 amide bonds. The van der Waals surface area contributed by atoms with E-state index in [1.165, 1.54) is 17.8 Å². The van der Waals surface area contributed by atoms with E-state index in [1.54, 1.807) is 13.3 Å². The van der Waals surface area contributed by atoms with Crippen LogP contribution in [-0.2, 0) is 14.1 Å². The zero-order valence-corrected chi connectivity index (χ0v) is 15.7. The highest BCUT2D eigenvalue weighted by Crippen LogP contribution is 2.15. The number of benzene rings is 1. The number of halogens is 2. The van der Waals surface area contributed by atoms with Crippen LogP contribution < -0.4 is 16.1 Å². The van der Waals surface area contributed by atoms with Crippen molar-refractivity contribution < 1.29 is 0 Å². The number of rotatable bonds is 7. The second kappa shape index (κ2) is 8.87. The van der Waals surface area contributed by atoms with Crippen LogP contribution in [0.1, 0.15) is 5.56 Å². The lowest BCUT2D eigenvalue weighted by molar-refractivity contribution is 0.687. The summed E-state index contributed by atoms with van der Waals surface area (Å²) in [4.78, 5) is 30.0. The predicted octanol–water partition coefficient (Wildman–Crippen LogP) is 2.12. The SMILES string of the molecule is Cn1cc(N=Cc2ccc(N(CCCl)CCCl)cc2)c(=O)n(C)c1=O. The van der Waals surface area contributed by atoms with Crippen LogP contribution in [0.5, 0.6) is 0 Å². The quantitative estimate of drug-likeness (QED) is 0.544. The van der Waals surface area contributed by atoms with Gasteiger partial charge in [-0.1, -0.05) is 12.1 Å². The van der Waals surface area contributed by atoms with Gasteiger partial charge in [-0.05, 0) is 17.7 Å². The van der Waals surface area contributed by atoms with Gasteiger partial charge in [0.1, 0.15) is 5.69 Å². The number of anilines is 1. The van der Waals surface area contributed by atoms with Crippen LogP contribution in [0.2, 0.25) is 0 Å². The van der Waals surface area contributed by atoms with Crippen molar-refractivity contribution in [2.45, 2.75) is 0 Å². The number of hydrogen-bond donors (Lipinski definition) is 0. The first kappa shape index (κ1) is 19.3. The first-order valence-electron chi connectivity index (χ1n) is 7.75. The van der Waals surface area contributed by atoms with Gasteiger partial charge in [-0.25, -0.2) is 9.79 Å². The maximum absolute atomic E-state index is 12.1. The number of hydrogen-bond acceptors (Lipinski definition) is 4. The molecule has 2 rings (SSSR count). The third-order valence-corrected chi connectivity index (χ3v) is 4.09. The lowest BCUT2D eigenvalue weighted by atomic mass is 10.2. The second-order valence-corrected chi connectivity index (χ2v) is 6.24. The smallest absolute Gasteiger partial charge is 0.330 e. The van der Waals surface area contributed by atoms with E-state index >= 15 is 0 Å². The van der Waals surface area contributed by atoms with Crippen molar-refractivity contribution in [3.05, 3.63) is 56.9 Å². The van der Waals surface area contributed by atoms with Crippen molar-refractivity contribution >= 4 is 40.8 Å². The van der Waals surface area contributed by atoms with Crippen molar-refractivity contribution in [2.75, 3.05) is 29.7 Å². The van der Waals surface area contributed by atoms with Crippen LogP contribution >= 0.6 is 23.2 Å². The monoisotopic (exact) mass is 382 g/mol. The number of aliphatic imine (C=N–C) groups is 1. The Morgan fingerprint density at radius 3 is 2.24 bits per heavy atom. The molecule has 0 saturated heterocycles. The van der Waals surface area contributed by atoms with Gasteiger partial charge < -0.3 is 9.47 Å². The first-order chi connectivity index (χ1) is 12.0. The molecule has 2 aromatic rings. The van der Waals surface area contributed by atoms with Crippen molar-refractivity contribution in [1.82, 2.24) is 9.13 Å². The highest BCUT2D eigenvalue weighted by atomic mass is 35.5. The predicted molar refractivity (Wildman–Crippen MR) is 104 cm³/mol. The lowest BCUT2D eigenvalue weighted by Crippen LogP contribution is -2.36. The van der Waals surface area contributed by atoms with E-state index < -0.39 is 5.56 Å². The number of alkyl halides is 2. The van der Waals surface area contributed by atoms with E-state index in [1.807, 2.05) is 24.3 Å². The molecule has 0 fully saturated rings. The highest BCUT2D eigenvalue weighted by Gasteiger charge is 2.06. The third kappa shape index (κ3) is 4.74. The van der Waals surface area contributed by atoms with E-state index in [0.29, 0.717) is 11.8 Å². The molecule has 0 radical (unpaired) electrons. The first-order valence-corrected chi connectivity index (χ1v) is 8.82. The second-order valence-electron chi connectivity index (χ2n) is 5.49. The summed E-state index contributed by atoms with van der Waals surface area (Å²) in [5.41, 5.74) is 1.27. The standard InChI is InChI=1S/C17H20Cl2N4O2/c1-21-12-15(16(24)22(2)17(21)25)20-11-13-3-5-14(6-4-13)23(9-7-18)10-8-19/h3-6,11-12H,7-10H2,1-2H3. The molecule has 0 atom stereocenters. The maximum atomic E-state index is 12.1. The molecule has 1 aromatic carbocycles. The van der Waals surface area contributed by atoms with Crippen molar-refractivity contribution in [3.8, 4) is 0 Å². The number of aryl methyl sites for hydroxylation is 1. The summed E-state index contributed by atoms with van der Waals surface area (Å²) in [6, 6.07) is 7.72. The molecule has 0 saturated carbocycles. The molecule has 0 aliphatic heterocycles. The van der Waals surface area contributed by atoms with Crippen LogP contribution in [0.25, 0.3) is 0 Å². The summed E-state index contributed by atoms with van der Waals surface area (Å²) < 4.78 is 2.36. The zero-order valence-electron chi connectivity index (χ0n) is 14.2. The van der Waals surface area contributed by atoms with Crippen molar-refractivity contribution in [2.24, 2.45) is 19.1 Å². The van der Waals surface area contributed by atoms with Crippen molar-refractivity contribution in [1.29, 1.82) is 0 Å². The van der Waals surface area contributed by atoms with Gasteiger partial charge in [0, 0.05) is 57.0 Å². The lowest BCUT2D eigenvalue weighted by Gasteiger charge is -2.22. The summed E-state index contributed by atoms with van der Waals surface area (Å²) in [5, 5.41) is 0. The fraction of sp³-hybridized carbons (Fsp3) is 0.353. The van der Waals surface area contributed by atoms with Gasteiger partial charge in [-0.15, -0.1) is 23.2 Å². The summed E-state index contributed by atoms with van der Waals surface area (Å²) in [7, 11) is 3.01. The van der Waals surface area contributed by atoms with Gasteiger partial charge in [0.05, 0.1) is 0 Å². The largest absolute Gasteiger partial charge is 0.369 e. The Morgan fingerprint density at radius 1 is 1.08 bits per heavy atom. The van der Waals surface area contributed by atoms with E-state index in [2.05, 4.69) is 9.89 Å². The van der Waals surface area contributed by atoms with Crippen LogP contribution in [0.15, 0.2) is 45.0 Å². The molecule has 0 spiro atoms. The molecule has 25 heavy (non-hydrogen) atoms. The van der Waals surface area contributed by atoms with Crippen LogP contribution in [0, 0.1) is 0 Å². The Kier molecular flexibility index (Phi) is 6.84. The summed E-state index contributed by atoms with van der Waals surface area (Å²) in [6.45, 7) is 1.44.